The Morgan fingerprint density at radius 2 is 1.88 bits per heavy atom. The molecule has 0 saturated heterocycles. The van der Waals surface area contributed by atoms with Crippen LogP contribution >= 0.6 is 0 Å². The summed E-state index contributed by atoms with van der Waals surface area (Å²) < 4.78 is 1.63. The molecule has 5 heteroatoms. The topological polar surface area (TPSA) is 58.4 Å². The van der Waals surface area contributed by atoms with Gasteiger partial charge in [0.1, 0.15) is 0 Å². The lowest BCUT2D eigenvalue weighted by molar-refractivity contribution is 0.0678. The number of rotatable bonds is 3. The van der Waals surface area contributed by atoms with Gasteiger partial charge in [-0.2, -0.15) is 5.10 Å². The molecule has 94 valence electrons. The number of hydrogen-bond donors (Lipinski definition) is 1. The molecule has 2 heterocycles. The van der Waals surface area contributed by atoms with Crippen molar-refractivity contribution in [2.75, 3.05) is 0 Å². The minimum absolute atomic E-state index is 0.0826. The highest BCUT2D eigenvalue weighted by atomic mass is 16.4. The quantitative estimate of drug-likeness (QED) is 0.872. The average Bonchev–Trinajstić information content (AvgIpc) is 2.71. The maximum absolute atomic E-state index is 11.3. The van der Waals surface area contributed by atoms with Crippen LogP contribution in [0.2, 0.25) is 0 Å². The van der Waals surface area contributed by atoms with Gasteiger partial charge in [0.15, 0.2) is 5.69 Å². The Morgan fingerprint density at radius 1 is 1.24 bits per heavy atom. The first-order chi connectivity index (χ1) is 7.91. The second kappa shape index (κ2) is 4.14. The number of aromatic nitrogens is 2. The smallest absolute Gasteiger partial charge is 0.354 e. The van der Waals surface area contributed by atoms with Crippen molar-refractivity contribution < 1.29 is 9.90 Å². The maximum Gasteiger partial charge on any atom is 0.354 e. The maximum atomic E-state index is 11.3. The molecule has 0 aliphatic carbocycles. The van der Waals surface area contributed by atoms with E-state index in [0.717, 1.165) is 17.8 Å². The fraction of sp³-hybridized carbons (Fsp3) is 0.667. The fourth-order valence-corrected chi connectivity index (χ4v) is 2.23. The van der Waals surface area contributed by atoms with Crippen molar-refractivity contribution in [3.8, 4) is 0 Å². The summed E-state index contributed by atoms with van der Waals surface area (Å²) in [5.74, 6) is -0.877. The van der Waals surface area contributed by atoms with E-state index in [1.807, 2.05) is 13.8 Å². The number of carboxylic acid groups (broad SMARTS) is 1. The highest BCUT2D eigenvalue weighted by Crippen LogP contribution is 2.28. The molecule has 0 aromatic carbocycles. The first-order valence-electron chi connectivity index (χ1n) is 5.99. The van der Waals surface area contributed by atoms with Crippen molar-refractivity contribution in [1.82, 2.24) is 14.7 Å². The van der Waals surface area contributed by atoms with Gasteiger partial charge in [-0.05, 0) is 27.7 Å². The zero-order valence-electron chi connectivity index (χ0n) is 10.8. The summed E-state index contributed by atoms with van der Waals surface area (Å²) in [5, 5.41) is 13.8. The Bertz CT molecular complexity index is 449. The van der Waals surface area contributed by atoms with Crippen molar-refractivity contribution >= 4 is 5.97 Å². The number of carboxylic acids is 1. The van der Waals surface area contributed by atoms with Crippen molar-refractivity contribution in [3.05, 3.63) is 17.0 Å². The van der Waals surface area contributed by atoms with Crippen LogP contribution in [0.3, 0.4) is 0 Å². The predicted octanol–water partition coefficient (Wildman–Crippen LogP) is 1.89. The molecule has 2 rings (SSSR count). The van der Waals surface area contributed by atoms with E-state index in [1.54, 1.807) is 4.68 Å². The van der Waals surface area contributed by atoms with Crippen LogP contribution in [0.15, 0.2) is 0 Å². The lowest BCUT2D eigenvalue weighted by Gasteiger charge is -2.20. The normalized spacial score (nSPS) is 15.9. The Morgan fingerprint density at radius 3 is 2.35 bits per heavy atom. The van der Waals surface area contributed by atoms with Gasteiger partial charge >= 0.3 is 5.97 Å². The Hall–Kier alpha value is -1.36. The SMILES string of the molecule is CC(C)N1Cc2nn(C(C)C)c(C(=O)O)c2C1. The van der Waals surface area contributed by atoms with Crippen LogP contribution in [-0.4, -0.2) is 31.8 Å². The van der Waals surface area contributed by atoms with Gasteiger partial charge in [-0.25, -0.2) is 4.79 Å². The second-order valence-corrected chi connectivity index (χ2v) is 5.12. The van der Waals surface area contributed by atoms with Crippen molar-refractivity contribution in [2.24, 2.45) is 0 Å². The van der Waals surface area contributed by atoms with E-state index in [4.69, 9.17) is 0 Å². The Kier molecular flexibility index (Phi) is 2.95. The molecule has 0 unspecified atom stereocenters. The molecule has 0 radical (unpaired) electrons. The van der Waals surface area contributed by atoms with Crippen molar-refractivity contribution in [1.29, 1.82) is 0 Å². The number of fused-ring (bicyclic) bond motifs is 1. The van der Waals surface area contributed by atoms with Gasteiger partial charge in [0.2, 0.25) is 0 Å². The first-order valence-corrected chi connectivity index (χ1v) is 5.99. The lowest BCUT2D eigenvalue weighted by Crippen LogP contribution is -2.26. The first kappa shape index (κ1) is 12.1. The van der Waals surface area contributed by atoms with Crippen LogP contribution < -0.4 is 0 Å². The van der Waals surface area contributed by atoms with Crippen molar-refractivity contribution in [2.45, 2.75) is 52.9 Å². The van der Waals surface area contributed by atoms with Crippen LogP contribution in [0.5, 0.6) is 0 Å². The number of nitrogens with zero attached hydrogens (tertiary/aromatic N) is 3. The molecule has 1 aromatic rings. The summed E-state index contributed by atoms with van der Waals surface area (Å²) in [6.45, 7) is 9.59. The monoisotopic (exact) mass is 237 g/mol. The molecule has 0 amide bonds. The van der Waals surface area contributed by atoms with Gasteiger partial charge in [0.25, 0.3) is 0 Å². The summed E-state index contributed by atoms with van der Waals surface area (Å²) in [7, 11) is 0. The molecular formula is C12H19N3O2. The van der Waals surface area contributed by atoms with Gasteiger partial charge in [-0.1, -0.05) is 0 Å². The van der Waals surface area contributed by atoms with Crippen LogP contribution in [-0.2, 0) is 13.1 Å². The van der Waals surface area contributed by atoms with Crippen LogP contribution in [0, 0.1) is 0 Å². The van der Waals surface area contributed by atoms with Crippen LogP contribution in [0.4, 0.5) is 0 Å². The van der Waals surface area contributed by atoms with Crippen LogP contribution in [0.25, 0.3) is 0 Å². The van der Waals surface area contributed by atoms with Gasteiger partial charge < -0.3 is 5.11 Å². The van der Waals surface area contributed by atoms with Gasteiger partial charge in [0, 0.05) is 30.7 Å². The molecule has 5 nitrogen and oxygen atoms in total. The molecule has 1 aromatic heterocycles. The van der Waals surface area contributed by atoms with E-state index in [0.29, 0.717) is 18.3 Å². The molecule has 1 aliphatic rings. The third-order valence-electron chi connectivity index (χ3n) is 3.23. The standard InChI is InChI=1S/C12H19N3O2/c1-7(2)14-5-9-10(6-14)13-15(8(3)4)11(9)12(16)17/h7-8H,5-6H2,1-4H3,(H,16,17). The van der Waals surface area contributed by atoms with E-state index in [-0.39, 0.29) is 6.04 Å². The fourth-order valence-electron chi connectivity index (χ4n) is 2.23. The predicted molar refractivity (Wildman–Crippen MR) is 64.0 cm³/mol. The zero-order valence-corrected chi connectivity index (χ0v) is 10.8. The summed E-state index contributed by atoms with van der Waals surface area (Å²) in [4.78, 5) is 13.6. The minimum atomic E-state index is -0.877. The number of carbonyl (C=O) groups is 1. The molecule has 0 fully saturated rings. The van der Waals surface area contributed by atoms with E-state index < -0.39 is 5.97 Å². The second-order valence-electron chi connectivity index (χ2n) is 5.12. The van der Waals surface area contributed by atoms with Crippen LogP contribution in [0.1, 0.15) is 55.5 Å². The third-order valence-corrected chi connectivity index (χ3v) is 3.23. The highest BCUT2D eigenvalue weighted by Gasteiger charge is 2.31. The Labute approximate surface area is 101 Å². The summed E-state index contributed by atoms with van der Waals surface area (Å²) >= 11 is 0. The number of aromatic carboxylic acids is 1. The molecule has 1 aliphatic heterocycles. The third kappa shape index (κ3) is 1.95. The number of hydrogen-bond acceptors (Lipinski definition) is 3. The van der Waals surface area contributed by atoms with Gasteiger partial charge in [-0.15, -0.1) is 0 Å². The molecule has 17 heavy (non-hydrogen) atoms. The summed E-state index contributed by atoms with van der Waals surface area (Å²) in [6.07, 6.45) is 0. The van der Waals surface area contributed by atoms with E-state index in [9.17, 15) is 9.90 Å². The largest absolute Gasteiger partial charge is 0.477 e. The molecular weight excluding hydrogens is 218 g/mol. The molecule has 0 bridgehead atoms. The zero-order chi connectivity index (χ0) is 12.7. The highest BCUT2D eigenvalue weighted by molar-refractivity contribution is 5.88. The molecule has 0 saturated carbocycles. The lowest BCUT2D eigenvalue weighted by atomic mass is 10.2. The van der Waals surface area contributed by atoms with E-state index in [1.165, 1.54) is 0 Å². The van der Waals surface area contributed by atoms with Gasteiger partial charge in [0.05, 0.1) is 5.69 Å². The molecule has 0 spiro atoms. The Balaban J connectivity index is 2.42. The summed E-state index contributed by atoms with van der Waals surface area (Å²) in [6, 6.07) is 0.498. The summed E-state index contributed by atoms with van der Waals surface area (Å²) in [5.41, 5.74) is 2.17. The molecule has 1 N–H and O–H groups in total. The van der Waals surface area contributed by atoms with Crippen molar-refractivity contribution in [3.63, 3.8) is 0 Å². The minimum Gasteiger partial charge on any atom is -0.477 e. The van der Waals surface area contributed by atoms with E-state index in [2.05, 4.69) is 23.8 Å². The van der Waals surface area contributed by atoms with Gasteiger partial charge in [-0.3, -0.25) is 9.58 Å². The van der Waals surface area contributed by atoms with E-state index >= 15 is 0 Å². The average molecular weight is 237 g/mol. The molecule has 0 atom stereocenters.